The summed E-state index contributed by atoms with van der Waals surface area (Å²) in [6.45, 7) is 9.62. The summed E-state index contributed by atoms with van der Waals surface area (Å²) in [5.74, 6) is 0. The van der Waals surface area contributed by atoms with Gasteiger partial charge in [-0.1, -0.05) is 191 Å². The molecule has 0 saturated heterocycles. The molecule has 0 spiro atoms. The zero-order chi connectivity index (χ0) is 43.3. The maximum Gasteiger partial charge on any atom is 0.136 e. The lowest BCUT2D eigenvalue weighted by atomic mass is 9.79. The molecule has 0 aliphatic heterocycles. The largest absolute Gasteiger partial charge is 0.456 e. The van der Waals surface area contributed by atoms with E-state index < -0.39 is 0 Å². The Hall–Kier alpha value is -7.74. The fourth-order valence-corrected chi connectivity index (χ4v) is 12.3. The normalized spacial score (nSPS) is 14.4. The van der Waals surface area contributed by atoms with Crippen molar-refractivity contribution in [2.75, 3.05) is 0 Å². The molecular weight excluding hydrogens is 785 g/mol. The van der Waals surface area contributed by atoms with E-state index in [1.165, 1.54) is 132 Å². The minimum Gasteiger partial charge on any atom is -0.456 e. The van der Waals surface area contributed by atoms with E-state index in [0.29, 0.717) is 0 Å². The van der Waals surface area contributed by atoms with Crippen molar-refractivity contribution in [3.05, 3.63) is 216 Å². The molecule has 1 aromatic heterocycles. The van der Waals surface area contributed by atoms with E-state index >= 15 is 0 Å². The van der Waals surface area contributed by atoms with Crippen LogP contribution in [0.1, 0.15) is 49.9 Å². The lowest BCUT2D eigenvalue weighted by Gasteiger charge is -2.24. The molecule has 306 valence electrons. The Bertz CT molecular complexity index is 4000. The molecule has 1 heteroatoms. The smallest absolute Gasteiger partial charge is 0.136 e. The highest BCUT2D eigenvalue weighted by Gasteiger charge is 2.39. The number of benzene rings is 11. The second kappa shape index (κ2) is 12.9. The van der Waals surface area contributed by atoms with Crippen molar-refractivity contribution in [3.63, 3.8) is 0 Å². The summed E-state index contributed by atoms with van der Waals surface area (Å²) in [5, 5.41) is 12.6. The van der Waals surface area contributed by atoms with Gasteiger partial charge in [-0.15, -0.1) is 0 Å². The molecular formula is C64H44O. The van der Waals surface area contributed by atoms with Gasteiger partial charge < -0.3 is 4.42 Å². The molecule has 1 heterocycles. The van der Waals surface area contributed by atoms with Crippen molar-refractivity contribution in [2.24, 2.45) is 0 Å². The van der Waals surface area contributed by atoms with Crippen LogP contribution in [-0.2, 0) is 10.8 Å². The van der Waals surface area contributed by atoms with E-state index in [1.807, 2.05) is 0 Å². The van der Waals surface area contributed by atoms with Crippen LogP contribution in [0.25, 0.3) is 121 Å². The molecule has 11 aromatic carbocycles. The van der Waals surface area contributed by atoms with Crippen molar-refractivity contribution < 1.29 is 4.42 Å². The van der Waals surface area contributed by atoms with Crippen molar-refractivity contribution in [1.82, 2.24) is 0 Å². The Morgan fingerprint density at radius 2 is 0.800 bits per heavy atom. The van der Waals surface area contributed by atoms with Gasteiger partial charge in [-0.25, -0.2) is 0 Å². The van der Waals surface area contributed by atoms with Gasteiger partial charge in [0.25, 0.3) is 0 Å². The molecule has 2 aliphatic rings. The third-order valence-electron chi connectivity index (χ3n) is 15.4. The van der Waals surface area contributed by atoms with Gasteiger partial charge in [0.1, 0.15) is 11.2 Å². The highest BCUT2D eigenvalue weighted by Crippen LogP contribution is 2.56. The Kier molecular flexibility index (Phi) is 7.30. The van der Waals surface area contributed by atoms with Crippen molar-refractivity contribution in [3.8, 4) is 55.6 Å². The Morgan fingerprint density at radius 1 is 0.292 bits per heavy atom. The first-order valence-corrected chi connectivity index (χ1v) is 23.0. The molecule has 0 amide bonds. The minimum atomic E-state index is -0.199. The predicted molar refractivity (Wildman–Crippen MR) is 275 cm³/mol. The van der Waals surface area contributed by atoms with Gasteiger partial charge in [0.15, 0.2) is 0 Å². The van der Waals surface area contributed by atoms with Crippen LogP contribution in [0.2, 0.25) is 0 Å². The van der Waals surface area contributed by atoms with E-state index in [4.69, 9.17) is 4.42 Å². The van der Waals surface area contributed by atoms with Crippen LogP contribution in [0, 0.1) is 0 Å². The molecule has 65 heavy (non-hydrogen) atoms. The van der Waals surface area contributed by atoms with Gasteiger partial charge in [0.2, 0.25) is 0 Å². The molecule has 0 radical (unpaired) electrons. The van der Waals surface area contributed by atoms with E-state index in [9.17, 15) is 0 Å². The lowest BCUT2D eigenvalue weighted by Crippen LogP contribution is -2.15. The summed E-state index contributed by atoms with van der Waals surface area (Å²) in [6, 6.07) is 72.7. The number of fused-ring (bicyclic) bond motifs is 15. The average Bonchev–Trinajstić information content (AvgIpc) is 3.92. The first-order chi connectivity index (χ1) is 31.8. The van der Waals surface area contributed by atoms with Crippen LogP contribution in [-0.4, -0.2) is 0 Å². The molecule has 0 atom stereocenters. The molecule has 0 saturated carbocycles. The minimum absolute atomic E-state index is 0.166. The van der Waals surface area contributed by atoms with Gasteiger partial charge in [0, 0.05) is 27.0 Å². The van der Waals surface area contributed by atoms with E-state index in [-0.39, 0.29) is 10.8 Å². The molecule has 0 bridgehead atoms. The average molecular weight is 829 g/mol. The van der Waals surface area contributed by atoms with E-state index in [2.05, 4.69) is 222 Å². The number of hydrogen-bond donors (Lipinski definition) is 0. The molecule has 0 fully saturated rings. The molecule has 12 aromatic rings. The van der Waals surface area contributed by atoms with Crippen LogP contribution >= 0.6 is 0 Å². The number of rotatable bonds is 3. The summed E-state index contributed by atoms with van der Waals surface area (Å²) in [4.78, 5) is 0. The van der Waals surface area contributed by atoms with Crippen molar-refractivity contribution in [2.45, 2.75) is 38.5 Å². The Balaban J connectivity index is 0.892. The lowest BCUT2D eigenvalue weighted by molar-refractivity contribution is 0.660. The van der Waals surface area contributed by atoms with Crippen LogP contribution in [0.3, 0.4) is 0 Å². The monoisotopic (exact) mass is 828 g/mol. The molecule has 0 N–H and O–H groups in total. The van der Waals surface area contributed by atoms with Gasteiger partial charge in [0.05, 0.1) is 0 Å². The summed E-state index contributed by atoms with van der Waals surface area (Å²) in [5.41, 5.74) is 20.0. The first kappa shape index (κ1) is 36.7. The first-order valence-electron chi connectivity index (χ1n) is 23.0. The number of furan rings is 1. The van der Waals surface area contributed by atoms with Crippen LogP contribution in [0.5, 0.6) is 0 Å². The fraction of sp³-hybridized carbons (Fsp3) is 0.0938. The van der Waals surface area contributed by atoms with E-state index in [1.54, 1.807) is 0 Å². The third-order valence-corrected chi connectivity index (χ3v) is 15.4. The SMILES string of the molecule is CC1(C)c2cc(-c3ccc4c(c3)C(C)(C)c3ccc5ccc6oc7ccccc7c6c5c3-4)ccc2-c2ccc(-c3c4ccccc4c(-c4cccc5ccccc45)c4ccccc34)cc21. The number of para-hydroxylation sites is 1. The quantitative estimate of drug-likeness (QED) is 0.162. The van der Waals surface area contributed by atoms with Crippen LogP contribution in [0.15, 0.2) is 199 Å². The Labute approximate surface area is 378 Å². The van der Waals surface area contributed by atoms with E-state index in [0.717, 1.165) is 11.2 Å². The number of hydrogen-bond acceptors (Lipinski definition) is 1. The zero-order valence-corrected chi connectivity index (χ0v) is 36.9. The van der Waals surface area contributed by atoms with Crippen LogP contribution in [0.4, 0.5) is 0 Å². The maximum absolute atomic E-state index is 6.41. The zero-order valence-electron chi connectivity index (χ0n) is 36.9. The highest BCUT2D eigenvalue weighted by molar-refractivity contribution is 6.25. The second-order valence-corrected chi connectivity index (χ2v) is 19.5. The van der Waals surface area contributed by atoms with Gasteiger partial charge in [-0.05, 0) is 146 Å². The molecule has 14 rings (SSSR count). The summed E-state index contributed by atoms with van der Waals surface area (Å²) >= 11 is 0. The van der Waals surface area contributed by atoms with Crippen molar-refractivity contribution in [1.29, 1.82) is 0 Å². The molecule has 2 aliphatic carbocycles. The summed E-state index contributed by atoms with van der Waals surface area (Å²) in [6.07, 6.45) is 0. The topological polar surface area (TPSA) is 13.1 Å². The second-order valence-electron chi connectivity index (χ2n) is 19.5. The van der Waals surface area contributed by atoms with Gasteiger partial charge in [-0.3, -0.25) is 0 Å². The standard InChI is InChI=1S/C64H44O/c1-63(2)52-32-27-38-28-33-57-62(51-21-11-12-23-56(51)65-57)59(38)61(52)50-31-25-40(35-55(50)63)39-24-29-43-44-30-26-41(36-54(44)64(3,4)53(43)34-39)58-46-17-7-9-19-48(46)60(49-20-10-8-18-47(49)58)45-22-13-15-37-14-5-6-16-42(37)45/h5-36H,1-4H3. The van der Waals surface area contributed by atoms with Crippen molar-refractivity contribution >= 4 is 65.0 Å². The van der Waals surface area contributed by atoms with Gasteiger partial charge >= 0.3 is 0 Å². The molecule has 0 unspecified atom stereocenters. The summed E-state index contributed by atoms with van der Waals surface area (Å²) < 4.78 is 6.41. The summed E-state index contributed by atoms with van der Waals surface area (Å²) in [7, 11) is 0. The maximum atomic E-state index is 6.41. The third kappa shape index (κ3) is 4.93. The van der Waals surface area contributed by atoms with Gasteiger partial charge in [-0.2, -0.15) is 0 Å². The predicted octanol–water partition coefficient (Wildman–Crippen LogP) is 17.8. The fourth-order valence-electron chi connectivity index (χ4n) is 12.3. The highest BCUT2D eigenvalue weighted by atomic mass is 16.3. The van der Waals surface area contributed by atoms with Crippen LogP contribution < -0.4 is 0 Å². The molecule has 1 nitrogen and oxygen atoms in total. The Morgan fingerprint density at radius 3 is 1.49 bits per heavy atom.